The van der Waals surface area contributed by atoms with Crippen molar-refractivity contribution in [1.29, 1.82) is 5.41 Å². The van der Waals surface area contributed by atoms with Crippen molar-refractivity contribution < 1.29 is 4.39 Å². The maximum atomic E-state index is 12.5. The van der Waals surface area contributed by atoms with Crippen molar-refractivity contribution in [3.8, 4) is 0 Å². The monoisotopic (exact) mass is 215 g/mol. The van der Waals surface area contributed by atoms with E-state index in [4.69, 9.17) is 13.3 Å². The number of hydrogen-bond donors (Lipinski definition) is 1. The van der Waals surface area contributed by atoms with Crippen LogP contribution in [0.4, 0.5) is 4.39 Å². The number of nitrogens with one attached hydrogen (secondary N) is 1. The van der Waals surface area contributed by atoms with Gasteiger partial charge in [0.15, 0.2) is 5.83 Å². The largest absolute Gasteiger partial charge is 0.291 e. The van der Waals surface area contributed by atoms with Gasteiger partial charge in [-0.25, -0.2) is 4.39 Å². The highest BCUT2D eigenvalue weighted by atomic mass is 79.9. The molecule has 0 fully saturated rings. The average Bonchev–Trinajstić information content (AvgIpc) is 1.99. The molecule has 0 aromatic carbocycles. The number of rotatable bonds is 3. The van der Waals surface area contributed by atoms with E-state index in [0.29, 0.717) is 6.32 Å². The molecule has 4 heteroatoms. The lowest BCUT2D eigenvalue weighted by Crippen LogP contribution is -1.82. The first-order valence-electron chi connectivity index (χ1n) is 3.05. The van der Waals surface area contributed by atoms with Crippen LogP contribution < -0.4 is 0 Å². The zero-order chi connectivity index (χ0) is 8.85. The van der Waals surface area contributed by atoms with E-state index in [1.54, 1.807) is 13.0 Å². The molecule has 0 aliphatic heterocycles. The molecular formula is C7H8BBrFN. The van der Waals surface area contributed by atoms with Crippen molar-refractivity contribution in [1.82, 2.24) is 0 Å². The van der Waals surface area contributed by atoms with E-state index in [1.807, 2.05) is 0 Å². The first-order chi connectivity index (χ1) is 5.07. The quantitative estimate of drug-likeness (QED) is 0.426. The Balaban J connectivity index is 4.22. The van der Waals surface area contributed by atoms with Crippen molar-refractivity contribution in [2.75, 3.05) is 0 Å². The molecule has 0 unspecified atom stereocenters. The van der Waals surface area contributed by atoms with E-state index in [0.717, 1.165) is 5.57 Å². The minimum Gasteiger partial charge on any atom is -0.291 e. The molecule has 1 nitrogen and oxygen atoms in total. The van der Waals surface area contributed by atoms with Crippen LogP contribution in [0, 0.1) is 5.41 Å². The second kappa shape index (κ2) is 5.30. The maximum absolute atomic E-state index is 12.5. The van der Waals surface area contributed by atoms with Gasteiger partial charge in [0.1, 0.15) is 4.62 Å². The van der Waals surface area contributed by atoms with Gasteiger partial charge in [-0.05, 0) is 28.9 Å². The van der Waals surface area contributed by atoms with Crippen LogP contribution in [-0.4, -0.2) is 12.5 Å². The molecule has 2 radical (unpaired) electrons. The van der Waals surface area contributed by atoms with Crippen LogP contribution in [0.15, 0.2) is 23.6 Å². The lowest BCUT2D eigenvalue weighted by molar-refractivity contribution is 0.684. The Morgan fingerprint density at radius 3 is 2.55 bits per heavy atom. The van der Waals surface area contributed by atoms with Crippen LogP contribution in [0.3, 0.4) is 0 Å². The smallest absolute Gasteiger partial charge is 0.155 e. The summed E-state index contributed by atoms with van der Waals surface area (Å²) in [5.41, 5.74) is 0.869. The normalized spacial score (nSPS) is 13.4. The summed E-state index contributed by atoms with van der Waals surface area (Å²) < 4.78 is 12.3. The summed E-state index contributed by atoms with van der Waals surface area (Å²) in [4.78, 5) is 0. The zero-order valence-electron chi connectivity index (χ0n) is 6.20. The second-order valence-electron chi connectivity index (χ2n) is 2.05. The van der Waals surface area contributed by atoms with Gasteiger partial charge in [0.25, 0.3) is 0 Å². The van der Waals surface area contributed by atoms with Crippen molar-refractivity contribution in [3.05, 3.63) is 23.6 Å². The van der Waals surface area contributed by atoms with Crippen LogP contribution in [-0.2, 0) is 0 Å². The molecule has 0 amide bonds. The fraction of sp³-hybridized carbons (Fsp3) is 0.286. The van der Waals surface area contributed by atoms with Crippen molar-refractivity contribution in [3.63, 3.8) is 0 Å². The number of hydrogen-bond acceptors (Lipinski definition) is 1. The molecule has 0 aromatic rings. The molecule has 1 N–H and O–H groups in total. The Morgan fingerprint density at radius 2 is 2.18 bits per heavy atom. The Bertz CT molecular complexity index is 210. The van der Waals surface area contributed by atoms with E-state index in [1.165, 1.54) is 6.08 Å². The molecular weight excluding hydrogens is 208 g/mol. The van der Waals surface area contributed by atoms with Crippen molar-refractivity contribution >= 4 is 28.4 Å². The lowest BCUT2D eigenvalue weighted by Gasteiger charge is -1.90. The van der Waals surface area contributed by atoms with Crippen LogP contribution in [0.1, 0.15) is 6.92 Å². The highest BCUT2D eigenvalue weighted by molar-refractivity contribution is 9.18. The first-order valence-corrected chi connectivity index (χ1v) is 3.84. The Labute approximate surface area is 75.4 Å². The van der Waals surface area contributed by atoms with E-state index >= 15 is 0 Å². The van der Waals surface area contributed by atoms with Gasteiger partial charge in [-0.2, -0.15) is 0 Å². The summed E-state index contributed by atoms with van der Waals surface area (Å²) in [7, 11) is 5.25. The van der Waals surface area contributed by atoms with Gasteiger partial charge in [-0.3, -0.25) is 5.41 Å². The Hall–Kier alpha value is -0.375. The van der Waals surface area contributed by atoms with Crippen LogP contribution in [0.25, 0.3) is 0 Å². The Kier molecular flexibility index (Phi) is 5.12. The Morgan fingerprint density at radius 1 is 1.64 bits per heavy atom. The molecule has 0 rings (SSSR count). The third kappa shape index (κ3) is 4.96. The van der Waals surface area contributed by atoms with Crippen LogP contribution in [0.2, 0.25) is 6.32 Å². The maximum Gasteiger partial charge on any atom is 0.155 e. The molecule has 58 valence electrons. The third-order valence-electron chi connectivity index (χ3n) is 1.05. The predicted octanol–water partition coefficient (Wildman–Crippen LogP) is 2.75. The van der Waals surface area contributed by atoms with Crippen molar-refractivity contribution in [2.45, 2.75) is 13.2 Å². The summed E-state index contributed by atoms with van der Waals surface area (Å²) >= 11 is 2.69. The van der Waals surface area contributed by atoms with Gasteiger partial charge in [-0.1, -0.05) is 18.0 Å². The minimum atomic E-state index is -0.599. The molecule has 0 spiro atoms. The molecule has 0 saturated heterocycles. The SMILES string of the molecule is [B]C/C(C)=C/C=C(/F)C(=N)Br. The number of halogens is 2. The summed E-state index contributed by atoms with van der Waals surface area (Å²) in [6, 6.07) is 0. The van der Waals surface area contributed by atoms with E-state index in [2.05, 4.69) is 15.9 Å². The van der Waals surface area contributed by atoms with Gasteiger partial charge in [-0.15, -0.1) is 0 Å². The molecule has 0 aliphatic rings. The fourth-order valence-corrected chi connectivity index (χ4v) is 0.489. The molecule has 0 aromatic heterocycles. The fourth-order valence-electron chi connectivity index (χ4n) is 0.357. The van der Waals surface area contributed by atoms with Crippen LogP contribution >= 0.6 is 15.9 Å². The predicted molar refractivity (Wildman–Crippen MR) is 50.2 cm³/mol. The highest BCUT2D eigenvalue weighted by Crippen LogP contribution is 2.06. The second-order valence-corrected chi connectivity index (χ2v) is 2.84. The van der Waals surface area contributed by atoms with Gasteiger partial charge in [0, 0.05) is 0 Å². The molecule has 11 heavy (non-hydrogen) atoms. The molecule has 0 saturated carbocycles. The van der Waals surface area contributed by atoms with Gasteiger partial charge < -0.3 is 0 Å². The molecule has 0 aliphatic carbocycles. The summed E-state index contributed by atoms with van der Waals surface area (Å²) in [6.07, 6.45) is 3.16. The standard InChI is InChI=1S/C7H8BBrFN/c1-5(4-8)2-3-6(10)7(9)11/h2-3,11H,4H2,1H3/b5-2+,6-3+,11-7?. The summed E-state index contributed by atoms with van der Waals surface area (Å²) in [6.45, 7) is 1.79. The van der Waals surface area contributed by atoms with Crippen molar-refractivity contribution in [2.24, 2.45) is 0 Å². The highest BCUT2D eigenvalue weighted by Gasteiger charge is 1.95. The molecule has 0 bridgehead atoms. The molecule has 0 heterocycles. The van der Waals surface area contributed by atoms with E-state index in [9.17, 15) is 4.39 Å². The average molecular weight is 216 g/mol. The van der Waals surface area contributed by atoms with Crippen LogP contribution in [0.5, 0.6) is 0 Å². The molecule has 0 atom stereocenters. The summed E-state index contributed by atoms with van der Waals surface area (Å²) in [5.74, 6) is -0.599. The van der Waals surface area contributed by atoms with Gasteiger partial charge >= 0.3 is 0 Å². The van der Waals surface area contributed by atoms with E-state index < -0.39 is 5.83 Å². The lowest BCUT2D eigenvalue weighted by atomic mass is 9.98. The van der Waals surface area contributed by atoms with Gasteiger partial charge in [0.2, 0.25) is 0 Å². The first kappa shape index (κ1) is 10.6. The third-order valence-corrected chi connectivity index (χ3v) is 1.42. The summed E-state index contributed by atoms with van der Waals surface area (Å²) in [5, 5.41) is 6.81. The number of allylic oxidation sites excluding steroid dienone is 4. The topological polar surface area (TPSA) is 23.9 Å². The van der Waals surface area contributed by atoms with E-state index in [-0.39, 0.29) is 4.62 Å². The minimum absolute atomic E-state index is 0.251. The zero-order valence-corrected chi connectivity index (χ0v) is 7.78. The van der Waals surface area contributed by atoms with Gasteiger partial charge in [0.05, 0.1) is 7.85 Å².